The van der Waals surface area contributed by atoms with E-state index in [1.165, 1.54) is 49.8 Å². The number of nitrogens with zero attached hydrogens (tertiary/aromatic N) is 1. The monoisotopic (exact) mass is 287 g/mol. The second-order valence-electron chi connectivity index (χ2n) is 5.34. The molecule has 0 atom stereocenters. The summed E-state index contributed by atoms with van der Waals surface area (Å²) in [5, 5.41) is 0. The van der Waals surface area contributed by atoms with E-state index in [4.69, 9.17) is 0 Å². The molecule has 0 fully saturated rings. The number of likely N-dealkylation sites (N-methyl/N-ethyl adjacent to an activating group) is 1. The van der Waals surface area contributed by atoms with E-state index in [0.29, 0.717) is 6.42 Å². The van der Waals surface area contributed by atoms with E-state index in [0.717, 1.165) is 12.8 Å². The van der Waals surface area contributed by atoms with Crippen LogP contribution < -0.4 is 5.90 Å². The molecule has 5 heteroatoms. The van der Waals surface area contributed by atoms with Gasteiger partial charge in [-0.15, -0.1) is 0 Å². The summed E-state index contributed by atoms with van der Waals surface area (Å²) in [5.74, 6) is 2.55. The van der Waals surface area contributed by atoms with Gasteiger partial charge < -0.3 is 4.90 Å². The highest BCUT2D eigenvalue weighted by atomic mass is 16.7. The highest BCUT2D eigenvalue weighted by Crippen LogP contribution is 2.10. The number of carbonyl (C=O) groups is 2. The Kier molecular flexibility index (Phi) is 12.2. The lowest BCUT2D eigenvalue weighted by Crippen LogP contribution is -2.53. The van der Waals surface area contributed by atoms with E-state index in [1.54, 1.807) is 7.05 Å². The van der Waals surface area contributed by atoms with Crippen molar-refractivity contribution in [3.05, 3.63) is 0 Å². The Labute approximate surface area is 122 Å². The van der Waals surface area contributed by atoms with E-state index in [2.05, 4.69) is 17.7 Å². The first-order valence-corrected chi connectivity index (χ1v) is 7.80. The van der Waals surface area contributed by atoms with Gasteiger partial charge in [-0.1, -0.05) is 58.3 Å². The third-order valence-corrected chi connectivity index (χ3v) is 3.45. The van der Waals surface area contributed by atoms with E-state index in [9.17, 15) is 9.59 Å². The van der Waals surface area contributed by atoms with Crippen molar-refractivity contribution in [1.29, 1.82) is 0 Å². The maximum atomic E-state index is 11.7. The molecule has 0 saturated carbocycles. The van der Waals surface area contributed by atoms with Crippen molar-refractivity contribution in [2.75, 3.05) is 13.6 Å². The van der Waals surface area contributed by atoms with Gasteiger partial charge in [-0.05, 0) is 6.42 Å². The summed E-state index contributed by atoms with van der Waals surface area (Å²) in [5.41, 5.74) is 0. The van der Waals surface area contributed by atoms with Crippen LogP contribution in [0.25, 0.3) is 0 Å². The lowest BCUT2D eigenvalue weighted by atomic mass is 10.1. The third-order valence-electron chi connectivity index (χ3n) is 3.45. The highest BCUT2D eigenvalue weighted by Gasteiger charge is 2.13. The Bertz CT molecular complexity index is 270. The van der Waals surface area contributed by atoms with Gasteiger partial charge in [-0.3, -0.25) is 9.63 Å². The molecular formula is C15H31N2O3+. The molecule has 0 heterocycles. The van der Waals surface area contributed by atoms with E-state index in [-0.39, 0.29) is 12.5 Å². The van der Waals surface area contributed by atoms with Gasteiger partial charge in [0.2, 0.25) is 5.91 Å². The van der Waals surface area contributed by atoms with Crippen molar-refractivity contribution < 1.29 is 20.3 Å². The number of rotatable bonds is 12. The van der Waals surface area contributed by atoms with Crippen LogP contribution >= 0.6 is 0 Å². The quantitative estimate of drug-likeness (QED) is 0.441. The van der Waals surface area contributed by atoms with Crippen LogP contribution in [0.15, 0.2) is 0 Å². The SMILES string of the molecule is CCCCCCCCCCCC(=O)N(C)CC(=O)O[NH3+]. The normalized spacial score (nSPS) is 10.3. The molecule has 0 aliphatic heterocycles. The second-order valence-corrected chi connectivity index (χ2v) is 5.34. The van der Waals surface area contributed by atoms with Gasteiger partial charge in [0.05, 0.1) is 0 Å². The summed E-state index contributed by atoms with van der Waals surface area (Å²) in [6, 6.07) is 0. The van der Waals surface area contributed by atoms with Gasteiger partial charge in [0.1, 0.15) is 6.54 Å². The highest BCUT2D eigenvalue weighted by molar-refractivity contribution is 5.81. The van der Waals surface area contributed by atoms with Crippen molar-refractivity contribution in [2.45, 2.75) is 71.1 Å². The first-order valence-electron chi connectivity index (χ1n) is 7.80. The first kappa shape index (κ1) is 18.9. The molecule has 0 radical (unpaired) electrons. The molecule has 3 N–H and O–H groups in total. The number of unbranched alkanes of at least 4 members (excludes halogenated alkanes) is 8. The lowest BCUT2D eigenvalue weighted by Gasteiger charge is -2.14. The molecule has 0 bridgehead atoms. The number of amides is 1. The summed E-state index contributed by atoms with van der Waals surface area (Å²) < 4.78 is 0. The third kappa shape index (κ3) is 10.8. The zero-order chi connectivity index (χ0) is 15.2. The molecule has 0 aliphatic carbocycles. The molecular weight excluding hydrogens is 256 g/mol. The standard InChI is InChI=1S/C15H31N2O3/c1-3-4-5-6-7-8-9-10-11-12-14(18)17(2)13-15(19)20-16/h3-13H2,1-2,16H3/q+1. The average Bonchev–Trinajstić information content (AvgIpc) is 2.45. The largest absolute Gasteiger partial charge is 0.385 e. The van der Waals surface area contributed by atoms with Gasteiger partial charge in [0.25, 0.3) is 0 Å². The maximum Gasteiger partial charge on any atom is 0.385 e. The molecule has 0 unspecified atom stereocenters. The van der Waals surface area contributed by atoms with Crippen LogP contribution in [0.1, 0.15) is 71.1 Å². The molecule has 0 saturated heterocycles. The van der Waals surface area contributed by atoms with E-state index >= 15 is 0 Å². The van der Waals surface area contributed by atoms with Crippen LogP contribution in [0.3, 0.4) is 0 Å². The molecule has 1 amide bonds. The van der Waals surface area contributed by atoms with Crippen molar-refractivity contribution in [2.24, 2.45) is 0 Å². The number of hydrogen-bond acceptors (Lipinski definition) is 3. The van der Waals surface area contributed by atoms with E-state index in [1.807, 2.05) is 0 Å². The van der Waals surface area contributed by atoms with Crippen LogP contribution in [0.2, 0.25) is 0 Å². The fourth-order valence-corrected chi connectivity index (χ4v) is 2.11. The van der Waals surface area contributed by atoms with Crippen LogP contribution in [0.4, 0.5) is 0 Å². The second kappa shape index (κ2) is 12.9. The molecule has 5 nitrogen and oxygen atoms in total. The summed E-state index contributed by atoms with van der Waals surface area (Å²) in [7, 11) is 1.62. The minimum absolute atomic E-state index is 0.00153. The molecule has 20 heavy (non-hydrogen) atoms. The van der Waals surface area contributed by atoms with Crippen molar-refractivity contribution in [1.82, 2.24) is 4.90 Å². The lowest BCUT2D eigenvalue weighted by molar-refractivity contribution is -0.657. The average molecular weight is 287 g/mol. The van der Waals surface area contributed by atoms with Gasteiger partial charge in [-0.2, -0.15) is 5.90 Å². The number of quaternary nitrogens is 1. The predicted molar refractivity (Wildman–Crippen MR) is 78.5 cm³/mol. The Morgan fingerprint density at radius 2 is 1.45 bits per heavy atom. The summed E-state index contributed by atoms with van der Waals surface area (Å²) in [4.78, 5) is 28.4. The van der Waals surface area contributed by atoms with Crippen molar-refractivity contribution in [3.8, 4) is 0 Å². The molecule has 0 aliphatic rings. The Morgan fingerprint density at radius 1 is 0.950 bits per heavy atom. The smallest absolute Gasteiger partial charge is 0.334 e. The number of carbonyl (C=O) groups excluding carboxylic acids is 2. The molecule has 118 valence electrons. The van der Waals surface area contributed by atoms with Crippen LogP contribution in [-0.4, -0.2) is 30.4 Å². The first-order chi connectivity index (χ1) is 9.61. The number of hydrogen-bond donors (Lipinski definition) is 1. The minimum Gasteiger partial charge on any atom is -0.334 e. The fraction of sp³-hybridized carbons (Fsp3) is 0.867. The molecule has 0 aromatic rings. The maximum absolute atomic E-state index is 11.7. The molecule has 0 rings (SSSR count). The van der Waals surface area contributed by atoms with Crippen LogP contribution in [0.5, 0.6) is 0 Å². The predicted octanol–water partition coefficient (Wildman–Crippen LogP) is 2.07. The zero-order valence-electron chi connectivity index (χ0n) is 13.2. The van der Waals surface area contributed by atoms with Crippen LogP contribution in [-0.2, 0) is 14.4 Å². The van der Waals surface area contributed by atoms with Gasteiger partial charge >= 0.3 is 5.97 Å². The fourth-order valence-electron chi connectivity index (χ4n) is 2.11. The molecule has 0 aromatic carbocycles. The zero-order valence-corrected chi connectivity index (χ0v) is 13.2. The van der Waals surface area contributed by atoms with Crippen LogP contribution in [0, 0.1) is 0 Å². The Hall–Kier alpha value is -1.10. The minimum atomic E-state index is -0.479. The Balaban J connectivity index is 3.41. The summed E-state index contributed by atoms with van der Waals surface area (Å²) >= 11 is 0. The Morgan fingerprint density at radius 3 is 1.95 bits per heavy atom. The van der Waals surface area contributed by atoms with Gasteiger partial charge in [0, 0.05) is 13.5 Å². The van der Waals surface area contributed by atoms with Crippen molar-refractivity contribution >= 4 is 11.9 Å². The van der Waals surface area contributed by atoms with E-state index < -0.39 is 5.97 Å². The molecule has 0 aromatic heterocycles. The topological polar surface area (TPSA) is 74.2 Å². The van der Waals surface area contributed by atoms with Gasteiger partial charge in [0.15, 0.2) is 0 Å². The molecule has 0 spiro atoms. The van der Waals surface area contributed by atoms with Crippen molar-refractivity contribution in [3.63, 3.8) is 0 Å². The van der Waals surface area contributed by atoms with Gasteiger partial charge in [-0.25, -0.2) is 4.79 Å². The summed E-state index contributed by atoms with van der Waals surface area (Å²) in [6.07, 6.45) is 11.6. The summed E-state index contributed by atoms with van der Waals surface area (Å²) in [6.45, 7) is 2.21.